The van der Waals surface area contributed by atoms with Crippen molar-refractivity contribution in [2.75, 3.05) is 39.2 Å². The number of nitrogens with one attached hydrogen (secondary N) is 2. The van der Waals surface area contributed by atoms with Gasteiger partial charge in [0.15, 0.2) is 0 Å². The average molecular weight is 574 g/mol. The molecule has 0 bridgehead atoms. The molecule has 9 nitrogen and oxygen atoms in total. The van der Waals surface area contributed by atoms with Crippen LogP contribution in [0.1, 0.15) is 43.6 Å². The molecule has 2 N–H and O–H groups in total. The molecule has 42 heavy (non-hydrogen) atoms. The largest absolute Gasteiger partial charge is 0.491 e. The number of likely N-dealkylation sites (N-methyl/N-ethyl adjacent to an activating group) is 1. The maximum Gasteiger partial charge on any atom is 0.319 e. The summed E-state index contributed by atoms with van der Waals surface area (Å²) in [4.78, 5) is 34.4. The summed E-state index contributed by atoms with van der Waals surface area (Å²) in [5.74, 6) is 0.434. The summed E-state index contributed by atoms with van der Waals surface area (Å²) in [6.45, 7) is 10.4. The summed E-state index contributed by atoms with van der Waals surface area (Å²) in [5.41, 5.74) is 4.20. The van der Waals surface area contributed by atoms with Crippen LogP contribution >= 0.6 is 0 Å². The Kier molecular flexibility index (Phi) is 10.5. The van der Waals surface area contributed by atoms with Gasteiger partial charge in [-0.25, -0.2) is 4.79 Å². The van der Waals surface area contributed by atoms with Crippen molar-refractivity contribution < 1.29 is 19.1 Å². The van der Waals surface area contributed by atoms with Gasteiger partial charge >= 0.3 is 6.03 Å². The normalized spacial score (nSPS) is 20.2. The van der Waals surface area contributed by atoms with E-state index >= 15 is 0 Å². The van der Waals surface area contributed by atoms with E-state index in [1.165, 1.54) is 5.56 Å². The van der Waals surface area contributed by atoms with E-state index in [2.05, 4.69) is 58.6 Å². The van der Waals surface area contributed by atoms with Crippen molar-refractivity contribution in [3.63, 3.8) is 0 Å². The first-order chi connectivity index (χ1) is 20.1. The highest BCUT2D eigenvalue weighted by Crippen LogP contribution is 2.27. The van der Waals surface area contributed by atoms with E-state index in [9.17, 15) is 9.59 Å². The maximum absolute atomic E-state index is 13.5. The summed E-state index contributed by atoms with van der Waals surface area (Å²) in [5, 5.41) is 5.65. The van der Waals surface area contributed by atoms with Crippen LogP contribution in [0.25, 0.3) is 11.3 Å². The van der Waals surface area contributed by atoms with Crippen LogP contribution in [0.4, 0.5) is 10.5 Å². The molecule has 0 unspecified atom stereocenters. The van der Waals surface area contributed by atoms with Crippen LogP contribution < -0.4 is 15.4 Å². The first-order valence-corrected chi connectivity index (χ1v) is 14.5. The van der Waals surface area contributed by atoms with Gasteiger partial charge in [-0.3, -0.25) is 14.7 Å². The van der Waals surface area contributed by atoms with Gasteiger partial charge in [-0.2, -0.15) is 0 Å². The monoisotopic (exact) mass is 573 g/mol. The Hall–Kier alpha value is -3.95. The molecule has 1 aromatic heterocycles. The van der Waals surface area contributed by atoms with E-state index in [1.54, 1.807) is 43.5 Å². The molecule has 4 rings (SSSR count). The number of urea groups is 1. The third kappa shape index (κ3) is 8.08. The number of amides is 3. The van der Waals surface area contributed by atoms with Crippen molar-refractivity contribution in [1.82, 2.24) is 20.1 Å². The minimum atomic E-state index is -0.313. The average Bonchev–Trinajstić information content (AvgIpc) is 2.97. The third-order valence-electron chi connectivity index (χ3n) is 7.55. The third-order valence-corrected chi connectivity index (χ3v) is 7.55. The van der Waals surface area contributed by atoms with Crippen molar-refractivity contribution in [3.05, 3.63) is 78.0 Å². The highest BCUT2D eigenvalue weighted by Gasteiger charge is 2.28. The Morgan fingerprint density at radius 1 is 1.10 bits per heavy atom. The molecule has 9 heteroatoms. The van der Waals surface area contributed by atoms with Crippen molar-refractivity contribution >= 4 is 17.6 Å². The zero-order chi connectivity index (χ0) is 30.2. The number of hydrogen-bond acceptors (Lipinski definition) is 6. The van der Waals surface area contributed by atoms with E-state index in [4.69, 9.17) is 9.47 Å². The summed E-state index contributed by atoms with van der Waals surface area (Å²) < 4.78 is 12.2. The Labute approximate surface area is 249 Å². The van der Waals surface area contributed by atoms with Gasteiger partial charge in [-0.05, 0) is 56.5 Å². The fourth-order valence-electron chi connectivity index (χ4n) is 5.12. The summed E-state index contributed by atoms with van der Waals surface area (Å²) >= 11 is 0. The first kappa shape index (κ1) is 31.0. The number of pyridine rings is 1. The lowest BCUT2D eigenvalue weighted by Crippen LogP contribution is -2.46. The van der Waals surface area contributed by atoms with Crippen molar-refractivity contribution in [2.45, 2.75) is 52.4 Å². The van der Waals surface area contributed by atoms with Crippen molar-refractivity contribution in [3.8, 4) is 17.0 Å². The minimum absolute atomic E-state index is 0.00470. The van der Waals surface area contributed by atoms with Gasteiger partial charge in [-0.15, -0.1) is 0 Å². The smallest absolute Gasteiger partial charge is 0.319 e. The molecule has 1 aliphatic heterocycles. The number of carbonyl (C=O) groups excluding carboxylic acids is 2. The standard InChI is InChI=1S/C33H43N5O4/c1-22(2)35-33(40)36-27-14-15-28-30(17-27)42-21-24(4)38(18-23(3)31(41-6)20-37(5)32(28)39)19-25-10-12-26(13-11-25)29-9-7-8-16-34-29/h7-17,22-24,31H,18-21H2,1-6H3,(H2,35,36,40)/t23-,24+,31+/m0/s1. The molecule has 0 radical (unpaired) electrons. The number of rotatable bonds is 6. The van der Waals surface area contributed by atoms with Crippen LogP contribution in [0, 0.1) is 5.92 Å². The summed E-state index contributed by atoms with van der Waals surface area (Å²) in [7, 11) is 3.48. The van der Waals surface area contributed by atoms with Crippen LogP contribution in [-0.2, 0) is 11.3 Å². The zero-order valence-corrected chi connectivity index (χ0v) is 25.5. The van der Waals surface area contributed by atoms with Gasteiger partial charge in [0.2, 0.25) is 0 Å². The number of aromatic nitrogens is 1. The number of ether oxygens (including phenoxy) is 2. The van der Waals surface area contributed by atoms with Crippen LogP contribution in [-0.4, -0.2) is 78.8 Å². The lowest BCUT2D eigenvalue weighted by atomic mass is 10.0. The number of benzene rings is 2. The van der Waals surface area contributed by atoms with E-state index < -0.39 is 0 Å². The molecule has 3 amide bonds. The van der Waals surface area contributed by atoms with E-state index in [1.807, 2.05) is 32.0 Å². The van der Waals surface area contributed by atoms with Crippen LogP contribution in [0.3, 0.4) is 0 Å². The summed E-state index contributed by atoms with van der Waals surface area (Å²) in [6.07, 6.45) is 1.65. The molecule has 2 aromatic carbocycles. The fraction of sp³-hybridized carbons (Fsp3) is 0.424. The van der Waals surface area contributed by atoms with Gasteiger partial charge in [-0.1, -0.05) is 37.3 Å². The Balaban J connectivity index is 1.59. The molecule has 0 aliphatic carbocycles. The molecule has 1 aliphatic rings. The second-order valence-electron chi connectivity index (χ2n) is 11.4. The van der Waals surface area contributed by atoms with Gasteiger partial charge in [0.25, 0.3) is 5.91 Å². The molecular formula is C33H43N5O4. The fourth-order valence-corrected chi connectivity index (χ4v) is 5.12. The number of anilines is 1. The molecule has 224 valence electrons. The number of nitrogens with zero attached hydrogens (tertiary/aromatic N) is 3. The van der Waals surface area contributed by atoms with Gasteiger partial charge < -0.3 is 25.0 Å². The molecule has 3 atom stereocenters. The Bertz CT molecular complexity index is 1330. The van der Waals surface area contributed by atoms with Gasteiger partial charge in [0.05, 0.1) is 17.4 Å². The van der Waals surface area contributed by atoms with Crippen LogP contribution in [0.2, 0.25) is 0 Å². The molecule has 0 fully saturated rings. The van der Waals surface area contributed by atoms with Crippen molar-refractivity contribution in [2.24, 2.45) is 5.92 Å². The minimum Gasteiger partial charge on any atom is -0.491 e. The number of carbonyl (C=O) groups is 2. The Morgan fingerprint density at radius 3 is 2.52 bits per heavy atom. The van der Waals surface area contributed by atoms with Gasteiger partial charge in [0, 0.05) is 69.4 Å². The Morgan fingerprint density at radius 2 is 1.86 bits per heavy atom. The van der Waals surface area contributed by atoms with E-state index in [-0.39, 0.29) is 36.0 Å². The predicted octanol–water partition coefficient (Wildman–Crippen LogP) is 5.28. The van der Waals surface area contributed by atoms with Crippen molar-refractivity contribution in [1.29, 1.82) is 0 Å². The number of methoxy groups -OCH3 is 1. The van der Waals surface area contributed by atoms with Gasteiger partial charge in [0.1, 0.15) is 12.4 Å². The lowest BCUT2D eigenvalue weighted by molar-refractivity contribution is 0.00922. The second-order valence-corrected chi connectivity index (χ2v) is 11.4. The molecule has 0 saturated carbocycles. The van der Waals surface area contributed by atoms with E-state index in [0.717, 1.165) is 24.3 Å². The number of hydrogen-bond donors (Lipinski definition) is 2. The highest BCUT2D eigenvalue weighted by molar-refractivity contribution is 5.98. The lowest BCUT2D eigenvalue weighted by Gasteiger charge is -2.36. The topological polar surface area (TPSA) is 96.0 Å². The maximum atomic E-state index is 13.5. The SMILES string of the molecule is CO[C@@H]1CN(C)C(=O)c2ccc(NC(=O)NC(C)C)cc2OC[C@@H](C)N(Cc2ccc(-c3ccccn3)cc2)C[C@@H]1C. The number of fused-ring (bicyclic) bond motifs is 1. The molecule has 0 spiro atoms. The van der Waals surface area contributed by atoms with E-state index in [0.29, 0.717) is 30.2 Å². The molecule has 2 heterocycles. The van der Waals surface area contributed by atoms with Crippen LogP contribution in [0.5, 0.6) is 5.75 Å². The molecule has 3 aromatic rings. The highest BCUT2D eigenvalue weighted by atomic mass is 16.5. The second kappa shape index (κ2) is 14.3. The molecular weight excluding hydrogens is 530 g/mol. The zero-order valence-electron chi connectivity index (χ0n) is 25.5. The first-order valence-electron chi connectivity index (χ1n) is 14.5. The quantitative estimate of drug-likeness (QED) is 0.416. The predicted molar refractivity (Wildman–Crippen MR) is 166 cm³/mol. The summed E-state index contributed by atoms with van der Waals surface area (Å²) in [6, 6.07) is 19.3. The molecule has 0 saturated heterocycles. The van der Waals surface area contributed by atoms with Crippen LogP contribution in [0.15, 0.2) is 66.9 Å².